The van der Waals surface area contributed by atoms with E-state index < -0.39 is 0 Å². The van der Waals surface area contributed by atoms with Gasteiger partial charge >= 0.3 is 0 Å². The Hall–Kier alpha value is -5.23. The zero-order valence-corrected chi connectivity index (χ0v) is 28.1. The minimum Gasteiger partial charge on any atom is -0.487 e. The number of unbranched alkanes of at least 4 members (excludes halogenated alkanes) is 2. The highest BCUT2D eigenvalue weighted by atomic mass is 16.5. The number of ether oxygens (including phenoxy) is 2. The monoisotopic (exact) mass is 649 g/mol. The van der Waals surface area contributed by atoms with Crippen LogP contribution in [-0.2, 0) is 11.8 Å². The molecule has 0 aliphatic carbocycles. The number of aryl methyl sites for hydroxylation is 2. The summed E-state index contributed by atoms with van der Waals surface area (Å²) in [6.45, 7) is 9.05. The first-order chi connectivity index (χ1) is 23.3. The molecule has 1 fully saturated rings. The quantitative estimate of drug-likeness (QED) is 0.178. The molecule has 2 bridgehead atoms. The lowest BCUT2D eigenvalue weighted by Crippen LogP contribution is -2.56. The van der Waals surface area contributed by atoms with E-state index in [1.807, 2.05) is 72.1 Å². The first-order valence-electron chi connectivity index (χ1n) is 16.3. The van der Waals surface area contributed by atoms with Crippen LogP contribution in [0.2, 0.25) is 0 Å². The van der Waals surface area contributed by atoms with E-state index in [9.17, 15) is 4.79 Å². The molecule has 12 nitrogen and oxygen atoms in total. The zero-order valence-electron chi connectivity index (χ0n) is 28.1. The molecule has 2 aliphatic heterocycles. The lowest BCUT2D eigenvalue weighted by molar-refractivity contribution is -0.129. The summed E-state index contributed by atoms with van der Waals surface area (Å²) in [4.78, 5) is 37.8. The first-order valence-corrected chi connectivity index (χ1v) is 16.3. The fourth-order valence-electron chi connectivity index (χ4n) is 5.95. The van der Waals surface area contributed by atoms with Gasteiger partial charge in [0, 0.05) is 56.9 Å². The van der Waals surface area contributed by atoms with Gasteiger partial charge in [-0.2, -0.15) is 0 Å². The van der Waals surface area contributed by atoms with E-state index in [1.165, 1.54) is 12.5 Å². The Morgan fingerprint density at radius 1 is 1.19 bits per heavy atom. The van der Waals surface area contributed by atoms with Crippen LogP contribution in [0.15, 0.2) is 78.8 Å². The fourth-order valence-corrected chi connectivity index (χ4v) is 5.95. The molecular weight excluding hydrogens is 606 g/mol. The number of carbonyl (C=O) groups excluding carboxylic acids is 1. The molecule has 1 aromatic carbocycles. The number of amides is 1. The minimum atomic E-state index is -0.0732. The van der Waals surface area contributed by atoms with Gasteiger partial charge < -0.3 is 34.1 Å². The Bertz CT molecular complexity index is 1900. The maximum Gasteiger partial charge on any atom is 0.246 e. The third kappa shape index (κ3) is 7.49. The first kappa shape index (κ1) is 32.7. The summed E-state index contributed by atoms with van der Waals surface area (Å²) in [5, 5.41) is 3.43. The smallest absolute Gasteiger partial charge is 0.246 e. The number of fused-ring (bicyclic) bond motifs is 5. The second kappa shape index (κ2) is 14.7. The van der Waals surface area contributed by atoms with Crippen LogP contribution in [0.4, 0.5) is 17.3 Å². The molecular formula is C36H43N9O3. The number of aromatic nitrogens is 4. The van der Waals surface area contributed by atoms with Crippen LogP contribution in [0.25, 0.3) is 11.0 Å². The number of benzene rings is 1. The Morgan fingerprint density at radius 2 is 2.06 bits per heavy atom. The molecule has 3 aromatic heterocycles. The van der Waals surface area contributed by atoms with Crippen molar-refractivity contribution in [3.8, 4) is 17.2 Å². The summed E-state index contributed by atoms with van der Waals surface area (Å²) < 4.78 is 14.3. The van der Waals surface area contributed by atoms with Gasteiger partial charge in [-0.3, -0.25) is 4.79 Å². The third-order valence-corrected chi connectivity index (χ3v) is 8.52. The van der Waals surface area contributed by atoms with E-state index in [0.29, 0.717) is 54.6 Å². The Labute approximate surface area is 281 Å². The van der Waals surface area contributed by atoms with Gasteiger partial charge in [-0.15, -0.1) is 0 Å². The molecule has 0 spiro atoms. The second-order valence-corrected chi connectivity index (χ2v) is 12.4. The maximum atomic E-state index is 13.1. The zero-order chi connectivity index (χ0) is 33.6. The number of anilines is 3. The highest BCUT2D eigenvalue weighted by Crippen LogP contribution is 2.36. The SMILES string of the molecule is C=CN=c1cc(Oc2ccc(Nc3ncnc4cc5c(nc34)N3CCN(C(=O)/C=C/CCCCN(C)C)C(CO5)C3)cc2C)ccn1C. The lowest BCUT2D eigenvalue weighted by Gasteiger charge is -2.39. The predicted molar refractivity (Wildman–Crippen MR) is 188 cm³/mol. The van der Waals surface area contributed by atoms with Crippen molar-refractivity contribution in [2.75, 3.05) is 57.1 Å². The van der Waals surface area contributed by atoms with Gasteiger partial charge in [0.1, 0.15) is 35.4 Å². The van der Waals surface area contributed by atoms with Crippen molar-refractivity contribution in [1.29, 1.82) is 0 Å². The van der Waals surface area contributed by atoms with Gasteiger partial charge in [-0.25, -0.2) is 19.9 Å². The van der Waals surface area contributed by atoms with Crippen molar-refractivity contribution in [3.05, 3.63) is 84.9 Å². The molecule has 0 radical (unpaired) electrons. The van der Waals surface area contributed by atoms with Crippen molar-refractivity contribution in [2.24, 2.45) is 12.0 Å². The van der Waals surface area contributed by atoms with E-state index in [2.05, 4.69) is 50.8 Å². The molecule has 2 aliphatic rings. The fraction of sp³-hybridized carbons (Fsp3) is 0.361. The van der Waals surface area contributed by atoms with Crippen molar-refractivity contribution in [1.82, 2.24) is 29.3 Å². The Morgan fingerprint density at radius 3 is 2.88 bits per heavy atom. The van der Waals surface area contributed by atoms with Gasteiger partial charge in [-0.05, 0) is 82.7 Å². The number of hydrogen-bond acceptors (Lipinski definition) is 10. The molecule has 1 unspecified atom stereocenters. The number of carbonyl (C=O) groups is 1. The maximum absolute atomic E-state index is 13.1. The lowest BCUT2D eigenvalue weighted by atomic mass is 10.1. The summed E-state index contributed by atoms with van der Waals surface area (Å²) in [5.41, 5.74) is 3.84. The molecule has 250 valence electrons. The molecule has 1 atom stereocenters. The summed E-state index contributed by atoms with van der Waals surface area (Å²) >= 11 is 0. The molecule has 12 heteroatoms. The molecule has 4 aromatic rings. The Balaban J connectivity index is 1.15. The van der Waals surface area contributed by atoms with E-state index in [4.69, 9.17) is 14.5 Å². The summed E-state index contributed by atoms with van der Waals surface area (Å²) in [5.74, 6) is 3.44. The van der Waals surface area contributed by atoms with E-state index in [-0.39, 0.29) is 11.9 Å². The van der Waals surface area contributed by atoms with E-state index in [1.54, 1.807) is 6.08 Å². The van der Waals surface area contributed by atoms with Gasteiger partial charge in [0.05, 0.1) is 11.6 Å². The molecule has 6 rings (SSSR count). The largest absolute Gasteiger partial charge is 0.487 e. The van der Waals surface area contributed by atoms with Gasteiger partial charge in [-0.1, -0.05) is 12.7 Å². The van der Waals surface area contributed by atoms with Gasteiger partial charge in [0.25, 0.3) is 0 Å². The van der Waals surface area contributed by atoms with Crippen molar-refractivity contribution in [3.63, 3.8) is 0 Å². The highest BCUT2D eigenvalue weighted by Gasteiger charge is 2.35. The van der Waals surface area contributed by atoms with Crippen LogP contribution in [0.5, 0.6) is 17.2 Å². The standard InChI is InChI=1S/C36H43N9O3/c1-6-37-32-20-28(14-16-43(32)5)48-30-13-12-26(19-25(30)2)40-35-34-29(38-24-39-35)21-31-36(41-34)44-17-18-45(27(22-44)23-47-31)33(46)11-9-7-8-10-15-42(3)4/h6,9,11-14,16,19-21,24,27H,1,7-8,10,15,17-18,22-23H2,2-5H3,(H,38,39,40)/b11-9+,37-32?. The molecule has 5 heterocycles. The van der Waals surface area contributed by atoms with Crippen molar-refractivity contribution in [2.45, 2.75) is 32.2 Å². The van der Waals surface area contributed by atoms with Gasteiger partial charge in [0.15, 0.2) is 17.4 Å². The average molecular weight is 650 g/mol. The molecule has 0 saturated carbocycles. The van der Waals surface area contributed by atoms with Crippen LogP contribution in [0, 0.1) is 6.92 Å². The summed E-state index contributed by atoms with van der Waals surface area (Å²) in [7, 11) is 6.08. The average Bonchev–Trinajstić information content (AvgIpc) is 3.20. The van der Waals surface area contributed by atoms with Gasteiger partial charge in [0.2, 0.25) is 5.91 Å². The van der Waals surface area contributed by atoms with E-state index in [0.717, 1.165) is 54.1 Å². The number of rotatable bonds is 11. The number of nitrogens with zero attached hydrogens (tertiary/aromatic N) is 8. The number of hydrogen-bond donors (Lipinski definition) is 1. The van der Waals surface area contributed by atoms with Crippen molar-refractivity contribution >= 4 is 34.3 Å². The third-order valence-electron chi connectivity index (χ3n) is 8.52. The minimum absolute atomic E-state index is 0.0369. The van der Waals surface area contributed by atoms with Crippen LogP contribution in [-0.4, -0.2) is 88.1 Å². The molecule has 1 saturated heterocycles. The van der Waals surface area contributed by atoms with Crippen molar-refractivity contribution < 1.29 is 14.3 Å². The number of nitrogens with one attached hydrogen (secondary N) is 1. The normalized spacial score (nSPS) is 16.2. The van der Waals surface area contributed by atoms with Crippen LogP contribution in [0.1, 0.15) is 24.8 Å². The second-order valence-electron chi connectivity index (χ2n) is 12.4. The number of pyridine rings is 2. The number of allylic oxidation sites excluding steroid dienone is 1. The molecule has 48 heavy (non-hydrogen) atoms. The molecule has 1 amide bonds. The highest BCUT2D eigenvalue weighted by molar-refractivity contribution is 5.90. The van der Waals surface area contributed by atoms with E-state index >= 15 is 0 Å². The number of piperazine rings is 1. The van der Waals surface area contributed by atoms with Crippen LogP contribution in [0.3, 0.4) is 0 Å². The predicted octanol–water partition coefficient (Wildman–Crippen LogP) is 4.95. The molecule has 1 N–H and O–H groups in total. The summed E-state index contributed by atoms with van der Waals surface area (Å²) in [6.07, 6.45) is 11.7. The van der Waals surface area contributed by atoms with Crippen LogP contribution >= 0.6 is 0 Å². The topological polar surface area (TPSA) is 113 Å². The Kier molecular flexibility index (Phi) is 10.0. The summed E-state index contributed by atoms with van der Waals surface area (Å²) in [6, 6.07) is 11.5. The van der Waals surface area contributed by atoms with Crippen LogP contribution < -0.4 is 25.2 Å².